The van der Waals surface area contributed by atoms with Crippen molar-refractivity contribution >= 4 is 35.5 Å². The molecule has 0 unspecified atom stereocenters. The number of rotatable bonds is 8. The molecule has 8 nitrogen and oxygen atoms in total. The molecule has 0 spiro atoms. The standard InChI is InChI=1S/C29H26F3N7O/c1-18(6-5-10-33-4)25-9-11-34-28(37-25)38-26-12-21(8-7-19(26)2)27(40)36-23-13-22(29(30,31)32)14-24(15-23)39-16-20(3)35-17-39/h5-17H,4H2,1-3H3,(H,36,40)(H,34,37,38)/b10-5-,18-6+. The molecule has 2 N–H and O–H groups in total. The first-order valence-electron chi connectivity index (χ1n) is 12.1. The third-order valence-corrected chi connectivity index (χ3v) is 5.86. The second-order valence-electron chi connectivity index (χ2n) is 8.94. The summed E-state index contributed by atoms with van der Waals surface area (Å²) in [5.74, 6) is -0.263. The molecule has 0 atom stereocenters. The zero-order valence-electron chi connectivity index (χ0n) is 22.0. The molecule has 2 aromatic carbocycles. The van der Waals surface area contributed by atoms with Crippen molar-refractivity contribution in [3.05, 3.63) is 108 Å². The first-order valence-corrected chi connectivity index (χ1v) is 12.1. The number of halogens is 3. The van der Waals surface area contributed by atoms with Gasteiger partial charge in [-0.05, 0) is 81.1 Å². The van der Waals surface area contributed by atoms with Crippen LogP contribution in [0.25, 0.3) is 11.3 Å². The van der Waals surface area contributed by atoms with E-state index in [-0.39, 0.29) is 16.9 Å². The lowest BCUT2D eigenvalue weighted by Crippen LogP contribution is -2.14. The number of nitrogens with zero attached hydrogens (tertiary/aromatic N) is 5. The van der Waals surface area contributed by atoms with Crippen molar-refractivity contribution in [2.24, 2.45) is 4.99 Å². The van der Waals surface area contributed by atoms with E-state index in [1.807, 2.05) is 19.9 Å². The molecule has 0 saturated heterocycles. The van der Waals surface area contributed by atoms with Gasteiger partial charge in [0.15, 0.2) is 0 Å². The van der Waals surface area contributed by atoms with Crippen molar-refractivity contribution in [2.75, 3.05) is 10.6 Å². The third-order valence-electron chi connectivity index (χ3n) is 5.86. The van der Waals surface area contributed by atoms with Gasteiger partial charge in [-0.25, -0.2) is 15.0 Å². The molecule has 0 aliphatic rings. The van der Waals surface area contributed by atoms with Crippen LogP contribution in [-0.2, 0) is 6.18 Å². The van der Waals surface area contributed by atoms with E-state index in [1.54, 1.807) is 55.9 Å². The van der Waals surface area contributed by atoms with E-state index in [1.165, 1.54) is 17.0 Å². The SMILES string of the molecule is C=N/C=C\C=C(/C)c1ccnc(Nc2cc(C(=O)Nc3cc(-n4cnc(C)c4)cc(C(F)(F)F)c3)ccc2C)n1. The first kappa shape index (κ1) is 28.0. The summed E-state index contributed by atoms with van der Waals surface area (Å²) in [6, 6.07) is 10.0. The van der Waals surface area contributed by atoms with E-state index in [9.17, 15) is 18.0 Å². The van der Waals surface area contributed by atoms with Crippen LogP contribution in [0, 0.1) is 13.8 Å². The van der Waals surface area contributed by atoms with Crippen LogP contribution < -0.4 is 10.6 Å². The molecular weight excluding hydrogens is 519 g/mol. The number of amides is 1. The van der Waals surface area contributed by atoms with Crippen molar-refractivity contribution in [1.82, 2.24) is 19.5 Å². The minimum Gasteiger partial charge on any atom is -0.324 e. The molecular formula is C29H26F3N7O. The number of aliphatic imine (C=N–C) groups is 1. The first-order chi connectivity index (χ1) is 19.0. The summed E-state index contributed by atoms with van der Waals surface area (Å²) >= 11 is 0. The number of hydrogen-bond acceptors (Lipinski definition) is 6. The second-order valence-corrected chi connectivity index (χ2v) is 8.94. The summed E-state index contributed by atoms with van der Waals surface area (Å²) in [4.78, 5) is 29.6. The van der Waals surface area contributed by atoms with Crippen molar-refractivity contribution in [2.45, 2.75) is 26.9 Å². The summed E-state index contributed by atoms with van der Waals surface area (Å²) in [5, 5.41) is 5.71. The molecule has 40 heavy (non-hydrogen) atoms. The molecule has 0 fully saturated rings. The Hall–Kier alpha value is -5.06. The van der Waals surface area contributed by atoms with Crippen molar-refractivity contribution in [3.8, 4) is 5.69 Å². The molecule has 0 aliphatic carbocycles. The van der Waals surface area contributed by atoms with Crippen LogP contribution in [0.5, 0.6) is 0 Å². The molecule has 11 heteroatoms. The van der Waals surface area contributed by atoms with E-state index >= 15 is 0 Å². The number of nitrogens with one attached hydrogen (secondary N) is 2. The smallest absolute Gasteiger partial charge is 0.324 e. The molecule has 4 rings (SSSR count). The Morgan fingerprint density at radius 3 is 2.60 bits per heavy atom. The molecule has 204 valence electrons. The van der Waals surface area contributed by atoms with E-state index < -0.39 is 17.6 Å². The number of hydrogen-bond donors (Lipinski definition) is 2. The molecule has 2 aromatic heterocycles. The van der Waals surface area contributed by atoms with Gasteiger partial charge >= 0.3 is 6.18 Å². The summed E-state index contributed by atoms with van der Waals surface area (Å²) in [6.45, 7) is 8.86. The molecule has 0 radical (unpaired) electrons. The van der Waals surface area contributed by atoms with Gasteiger partial charge < -0.3 is 15.2 Å². The monoisotopic (exact) mass is 545 g/mol. The van der Waals surface area contributed by atoms with Crippen LogP contribution in [0.3, 0.4) is 0 Å². The normalized spacial score (nSPS) is 12.0. The fourth-order valence-corrected chi connectivity index (χ4v) is 3.75. The van der Waals surface area contributed by atoms with Gasteiger partial charge in [0.2, 0.25) is 5.95 Å². The lowest BCUT2D eigenvalue weighted by molar-refractivity contribution is -0.137. The topological polar surface area (TPSA) is 97.1 Å². The number of alkyl halides is 3. The van der Waals surface area contributed by atoms with Crippen molar-refractivity contribution < 1.29 is 18.0 Å². The van der Waals surface area contributed by atoms with Gasteiger partial charge in [-0.15, -0.1) is 0 Å². The summed E-state index contributed by atoms with van der Waals surface area (Å²) < 4.78 is 42.3. The Morgan fingerprint density at radius 1 is 1.10 bits per heavy atom. The average molecular weight is 546 g/mol. The molecule has 1 amide bonds. The lowest BCUT2D eigenvalue weighted by Gasteiger charge is -2.14. The number of aromatic nitrogens is 4. The van der Waals surface area contributed by atoms with Gasteiger partial charge in [0, 0.05) is 41.2 Å². The minimum atomic E-state index is -4.60. The Bertz CT molecular complexity index is 1620. The van der Waals surface area contributed by atoms with Crippen LogP contribution in [0.15, 0.2) is 84.5 Å². The Kier molecular flexibility index (Phi) is 8.23. The van der Waals surface area contributed by atoms with Crippen LogP contribution >= 0.6 is 0 Å². The average Bonchev–Trinajstić information content (AvgIpc) is 3.36. The van der Waals surface area contributed by atoms with E-state index in [0.717, 1.165) is 23.3 Å². The highest BCUT2D eigenvalue weighted by molar-refractivity contribution is 6.05. The minimum absolute atomic E-state index is 0.00439. The third kappa shape index (κ3) is 6.87. The molecule has 0 aliphatic heterocycles. The zero-order valence-corrected chi connectivity index (χ0v) is 22.0. The van der Waals surface area contributed by atoms with Crippen LogP contribution in [0.1, 0.15) is 39.8 Å². The maximum atomic E-state index is 13.6. The number of allylic oxidation sites excluding steroid dienone is 3. The van der Waals surface area contributed by atoms with Crippen molar-refractivity contribution in [1.29, 1.82) is 0 Å². The number of carbonyl (C=O) groups is 1. The molecule has 0 saturated carbocycles. The van der Waals surface area contributed by atoms with E-state index in [4.69, 9.17) is 0 Å². The number of anilines is 3. The molecule has 2 heterocycles. The molecule has 4 aromatic rings. The highest BCUT2D eigenvalue weighted by Crippen LogP contribution is 2.33. The predicted octanol–water partition coefficient (Wildman–Crippen LogP) is 6.91. The lowest BCUT2D eigenvalue weighted by atomic mass is 10.1. The second kappa shape index (κ2) is 11.8. The number of benzene rings is 2. The summed E-state index contributed by atoms with van der Waals surface area (Å²) in [6.07, 6.45) is 5.16. The van der Waals surface area contributed by atoms with Crippen molar-refractivity contribution in [3.63, 3.8) is 0 Å². The van der Waals surface area contributed by atoms with Crippen LogP contribution in [0.2, 0.25) is 0 Å². The van der Waals surface area contributed by atoms with Crippen LogP contribution in [-0.4, -0.2) is 32.1 Å². The van der Waals surface area contributed by atoms with Gasteiger partial charge in [0.05, 0.1) is 23.3 Å². The Balaban J connectivity index is 1.59. The molecule has 0 bridgehead atoms. The zero-order chi connectivity index (χ0) is 28.9. The highest BCUT2D eigenvalue weighted by Gasteiger charge is 2.31. The quantitative estimate of drug-likeness (QED) is 0.185. The van der Waals surface area contributed by atoms with Crippen LogP contribution in [0.4, 0.5) is 30.5 Å². The van der Waals surface area contributed by atoms with Gasteiger partial charge in [-0.1, -0.05) is 12.1 Å². The van der Waals surface area contributed by atoms with Gasteiger partial charge in [0.1, 0.15) is 0 Å². The van der Waals surface area contributed by atoms with Gasteiger partial charge in [-0.3, -0.25) is 9.79 Å². The van der Waals surface area contributed by atoms with E-state index in [0.29, 0.717) is 23.0 Å². The summed E-state index contributed by atoms with van der Waals surface area (Å²) in [7, 11) is 0. The van der Waals surface area contributed by atoms with Gasteiger partial charge in [0.25, 0.3) is 5.91 Å². The largest absolute Gasteiger partial charge is 0.416 e. The van der Waals surface area contributed by atoms with Gasteiger partial charge in [-0.2, -0.15) is 13.2 Å². The fourth-order valence-electron chi connectivity index (χ4n) is 3.75. The number of aryl methyl sites for hydroxylation is 2. The number of imidazole rings is 1. The van der Waals surface area contributed by atoms with E-state index in [2.05, 4.69) is 37.3 Å². The maximum absolute atomic E-state index is 13.6. The predicted molar refractivity (Wildman–Crippen MR) is 150 cm³/mol. The number of carbonyl (C=O) groups excluding carboxylic acids is 1. The fraction of sp³-hybridized carbons (Fsp3) is 0.138. The summed E-state index contributed by atoms with van der Waals surface area (Å²) in [5.41, 5.74) is 3.15. The Labute approximate surface area is 229 Å². The highest BCUT2D eigenvalue weighted by atomic mass is 19.4. The Morgan fingerprint density at radius 2 is 1.90 bits per heavy atom. The maximum Gasteiger partial charge on any atom is 0.416 e.